The lowest BCUT2D eigenvalue weighted by molar-refractivity contribution is 0.0525. The monoisotopic (exact) mass is 255 g/mol. The number of nitriles is 1. The quantitative estimate of drug-likeness (QED) is 0.776. The molecule has 0 heterocycles. The van der Waals surface area contributed by atoms with Gasteiger partial charge in [0.15, 0.2) is 0 Å². The lowest BCUT2D eigenvalue weighted by atomic mass is 10.0. The van der Waals surface area contributed by atoms with E-state index in [4.69, 9.17) is 14.7 Å². The molecule has 0 bridgehead atoms. The van der Waals surface area contributed by atoms with Gasteiger partial charge in [-0.15, -0.1) is 0 Å². The van der Waals surface area contributed by atoms with E-state index in [2.05, 4.69) is 0 Å². The van der Waals surface area contributed by atoms with Crippen LogP contribution in [-0.2, 0) is 4.74 Å². The van der Waals surface area contributed by atoms with E-state index in [1.807, 2.05) is 0 Å². The zero-order valence-corrected chi connectivity index (χ0v) is 9.87. The first-order valence-electron chi connectivity index (χ1n) is 5.12. The smallest absolute Gasteiger partial charge is 0.338 e. The zero-order chi connectivity index (χ0) is 13.7. The average Bonchev–Trinajstić information content (AvgIpc) is 2.37. The number of hydrogen-bond acceptors (Lipinski definition) is 4. The number of rotatable bonds is 4. The van der Waals surface area contributed by atoms with Crippen molar-refractivity contribution in [2.45, 2.75) is 13.3 Å². The number of nitrogens with zero attached hydrogens (tertiary/aromatic N) is 1. The van der Waals surface area contributed by atoms with Gasteiger partial charge in [-0.05, 0) is 19.1 Å². The highest BCUT2D eigenvalue weighted by Crippen LogP contribution is 2.33. The number of benzene rings is 1. The number of carbonyl (C=O) groups is 1. The van der Waals surface area contributed by atoms with Gasteiger partial charge >= 0.3 is 5.97 Å². The molecular weight excluding hydrogens is 244 g/mol. The average molecular weight is 255 g/mol. The first-order chi connectivity index (χ1) is 8.54. The Balaban J connectivity index is 3.37. The lowest BCUT2D eigenvalue weighted by Gasteiger charge is -2.11. The molecule has 1 aromatic rings. The molecule has 6 heteroatoms. The topological polar surface area (TPSA) is 59.3 Å². The first kappa shape index (κ1) is 13.9. The molecule has 0 fully saturated rings. The molecule has 18 heavy (non-hydrogen) atoms. The van der Waals surface area contributed by atoms with Crippen LogP contribution in [0.15, 0.2) is 12.1 Å². The minimum atomic E-state index is -2.85. The first-order valence-corrected chi connectivity index (χ1v) is 5.12. The van der Waals surface area contributed by atoms with Crippen molar-refractivity contribution in [3.05, 3.63) is 28.8 Å². The number of carbonyl (C=O) groups excluding carboxylic acids is 1. The Morgan fingerprint density at radius 2 is 2.17 bits per heavy atom. The summed E-state index contributed by atoms with van der Waals surface area (Å²) in [6, 6.07) is 3.86. The molecule has 0 N–H and O–H groups in total. The van der Waals surface area contributed by atoms with Crippen LogP contribution in [0, 0.1) is 11.3 Å². The molecule has 1 rings (SSSR count). The van der Waals surface area contributed by atoms with Crippen LogP contribution in [0.5, 0.6) is 5.75 Å². The molecule has 0 atom stereocenters. The standard InChI is InChI=1S/C12H11F2NO3/c1-3-18-12(16)7-4-8(6-15)10(17-2)9(5-7)11(13)14/h4-5,11H,3H2,1-2H3. The van der Waals surface area contributed by atoms with Crippen LogP contribution in [0.4, 0.5) is 8.78 Å². The Morgan fingerprint density at radius 3 is 2.61 bits per heavy atom. The maximum Gasteiger partial charge on any atom is 0.338 e. The van der Waals surface area contributed by atoms with E-state index in [0.717, 1.165) is 6.07 Å². The third-order valence-corrected chi connectivity index (χ3v) is 2.19. The molecule has 0 saturated carbocycles. The van der Waals surface area contributed by atoms with Gasteiger partial charge in [0.05, 0.1) is 30.4 Å². The van der Waals surface area contributed by atoms with Crippen LogP contribution in [-0.4, -0.2) is 19.7 Å². The van der Waals surface area contributed by atoms with Gasteiger partial charge in [0, 0.05) is 0 Å². The molecule has 96 valence electrons. The van der Waals surface area contributed by atoms with Gasteiger partial charge in [-0.2, -0.15) is 5.26 Å². The van der Waals surface area contributed by atoms with Gasteiger partial charge in [-0.3, -0.25) is 0 Å². The highest BCUT2D eigenvalue weighted by atomic mass is 19.3. The lowest BCUT2D eigenvalue weighted by Crippen LogP contribution is -2.07. The molecule has 0 unspecified atom stereocenters. The normalized spacial score (nSPS) is 10.0. The molecule has 0 spiro atoms. The number of alkyl halides is 2. The van der Waals surface area contributed by atoms with Crippen LogP contribution in [0.25, 0.3) is 0 Å². The zero-order valence-electron chi connectivity index (χ0n) is 9.87. The molecule has 4 nitrogen and oxygen atoms in total. The second-order valence-corrected chi connectivity index (χ2v) is 3.28. The molecule has 0 aromatic heterocycles. The van der Waals surface area contributed by atoms with Gasteiger partial charge in [0.1, 0.15) is 11.8 Å². The molecule has 0 radical (unpaired) electrons. The van der Waals surface area contributed by atoms with Crippen molar-refractivity contribution in [3.63, 3.8) is 0 Å². The molecule has 0 amide bonds. The Morgan fingerprint density at radius 1 is 1.50 bits per heavy atom. The fourth-order valence-electron chi connectivity index (χ4n) is 1.46. The summed E-state index contributed by atoms with van der Waals surface area (Å²) in [5.41, 5.74) is -0.720. The summed E-state index contributed by atoms with van der Waals surface area (Å²) in [5, 5.41) is 8.86. The van der Waals surface area contributed by atoms with Crippen LogP contribution >= 0.6 is 0 Å². The number of methoxy groups -OCH3 is 1. The van der Waals surface area contributed by atoms with Gasteiger partial charge in [-0.1, -0.05) is 0 Å². The third-order valence-electron chi connectivity index (χ3n) is 2.19. The fourth-order valence-corrected chi connectivity index (χ4v) is 1.46. The summed E-state index contributed by atoms with van der Waals surface area (Å²) in [7, 11) is 1.19. The second kappa shape index (κ2) is 5.96. The maximum atomic E-state index is 12.8. The Labute approximate surface area is 103 Å². The van der Waals surface area contributed by atoms with Crippen molar-refractivity contribution in [1.82, 2.24) is 0 Å². The highest BCUT2D eigenvalue weighted by molar-refractivity contribution is 5.90. The molecule has 0 aliphatic carbocycles. The summed E-state index contributed by atoms with van der Waals surface area (Å²) in [6.07, 6.45) is -2.85. The minimum absolute atomic E-state index is 0.0931. The minimum Gasteiger partial charge on any atom is -0.495 e. The second-order valence-electron chi connectivity index (χ2n) is 3.28. The SMILES string of the molecule is CCOC(=O)c1cc(C#N)c(OC)c(C(F)F)c1. The van der Waals surface area contributed by atoms with Gasteiger partial charge in [0.2, 0.25) is 0 Å². The van der Waals surface area contributed by atoms with Crippen molar-refractivity contribution in [2.75, 3.05) is 13.7 Å². The van der Waals surface area contributed by atoms with E-state index in [0.29, 0.717) is 0 Å². The summed E-state index contributed by atoms with van der Waals surface area (Å²) in [5.74, 6) is -0.973. The summed E-state index contributed by atoms with van der Waals surface area (Å²) in [4.78, 5) is 11.5. The maximum absolute atomic E-state index is 12.8. The number of halogens is 2. The van der Waals surface area contributed by atoms with Gasteiger partial charge in [-0.25, -0.2) is 13.6 Å². The van der Waals surface area contributed by atoms with Crippen molar-refractivity contribution in [3.8, 4) is 11.8 Å². The summed E-state index contributed by atoms with van der Waals surface area (Å²) in [6.45, 7) is 1.72. The molecule has 0 aliphatic heterocycles. The molecule has 0 aliphatic rings. The van der Waals surface area contributed by atoms with Crippen LogP contribution in [0.1, 0.15) is 34.8 Å². The fraction of sp³-hybridized carbons (Fsp3) is 0.333. The van der Waals surface area contributed by atoms with Gasteiger partial charge < -0.3 is 9.47 Å². The Bertz CT molecular complexity index is 495. The molecule has 1 aromatic carbocycles. The van der Waals surface area contributed by atoms with Gasteiger partial charge in [0.25, 0.3) is 6.43 Å². The Hall–Kier alpha value is -2.16. The highest BCUT2D eigenvalue weighted by Gasteiger charge is 2.21. The van der Waals surface area contributed by atoms with Crippen LogP contribution in [0.3, 0.4) is 0 Å². The van der Waals surface area contributed by atoms with Crippen molar-refractivity contribution < 1.29 is 23.0 Å². The van der Waals surface area contributed by atoms with E-state index in [1.54, 1.807) is 13.0 Å². The predicted molar refractivity (Wildman–Crippen MR) is 58.6 cm³/mol. The van der Waals surface area contributed by atoms with Crippen LogP contribution < -0.4 is 4.74 Å². The molecule has 0 saturated heterocycles. The van der Waals surface area contributed by atoms with E-state index >= 15 is 0 Å². The number of ether oxygens (including phenoxy) is 2. The van der Waals surface area contributed by atoms with E-state index in [9.17, 15) is 13.6 Å². The van der Waals surface area contributed by atoms with Crippen LogP contribution in [0.2, 0.25) is 0 Å². The number of esters is 1. The van der Waals surface area contributed by atoms with Crippen molar-refractivity contribution in [2.24, 2.45) is 0 Å². The van der Waals surface area contributed by atoms with Crippen molar-refractivity contribution >= 4 is 5.97 Å². The number of hydrogen-bond donors (Lipinski definition) is 0. The molecular formula is C12H11F2NO3. The van der Waals surface area contributed by atoms with E-state index in [-0.39, 0.29) is 23.5 Å². The summed E-state index contributed by atoms with van der Waals surface area (Å²) < 4.78 is 35.1. The van der Waals surface area contributed by atoms with E-state index < -0.39 is 18.0 Å². The third kappa shape index (κ3) is 2.74. The van der Waals surface area contributed by atoms with E-state index in [1.165, 1.54) is 13.2 Å². The summed E-state index contributed by atoms with van der Waals surface area (Å²) >= 11 is 0. The Kier molecular flexibility index (Phi) is 4.60. The predicted octanol–water partition coefficient (Wildman–Crippen LogP) is 2.68. The largest absolute Gasteiger partial charge is 0.495 e. The van der Waals surface area contributed by atoms with Crippen molar-refractivity contribution in [1.29, 1.82) is 5.26 Å².